The van der Waals surface area contributed by atoms with Gasteiger partial charge in [-0.3, -0.25) is 0 Å². The van der Waals surface area contributed by atoms with E-state index in [0.717, 1.165) is 49.6 Å². The molecule has 1 saturated carbocycles. The van der Waals surface area contributed by atoms with Crippen molar-refractivity contribution in [3.63, 3.8) is 0 Å². The van der Waals surface area contributed by atoms with E-state index in [1.54, 1.807) is 6.26 Å². The Kier molecular flexibility index (Phi) is 6.79. The Bertz CT molecular complexity index is 606. The van der Waals surface area contributed by atoms with Crippen LogP contribution in [0, 0.1) is 23.7 Å². The summed E-state index contributed by atoms with van der Waals surface area (Å²) in [7, 11) is 0. The van der Waals surface area contributed by atoms with Crippen molar-refractivity contribution in [2.75, 3.05) is 18.6 Å². The molecule has 166 valence electrons. The normalized spacial score (nSPS) is 46.1. The molecule has 0 aromatic carbocycles. The maximum absolute atomic E-state index is 11.2. The maximum atomic E-state index is 11.2. The summed E-state index contributed by atoms with van der Waals surface area (Å²) in [5, 5.41) is -0.204. The van der Waals surface area contributed by atoms with Gasteiger partial charge in [0, 0.05) is 12.3 Å². The van der Waals surface area contributed by atoms with Gasteiger partial charge in [-0.15, -0.1) is 11.8 Å². The molecular weight excluding hydrogens is 412 g/mol. The first-order chi connectivity index (χ1) is 13.9. The molecular formula is C21H34O6S2. The highest BCUT2D eigenvalue weighted by atomic mass is 32.2. The topological polar surface area (TPSA) is 63.2 Å². The molecule has 5 rings (SSSR count). The van der Waals surface area contributed by atoms with Gasteiger partial charge in [0.1, 0.15) is 5.44 Å². The molecule has 0 N–H and O–H groups in total. The molecule has 4 saturated heterocycles. The van der Waals surface area contributed by atoms with Crippen LogP contribution in [0.5, 0.6) is 0 Å². The van der Waals surface area contributed by atoms with Crippen LogP contribution in [0.25, 0.3) is 0 Å². The van der Waals surface area contributed by atoms with Crippen LogP contribution in [-0.4, -0.2) is 47.0 Å². The van der Waals surface area contributed by atoms with Crippen LogP contribution in [0.4, 0.5) is 4.79 Å². The van der Waals surface area contributed by atoms with Gasteiger partial charge in [-0.25, -0.2) is 14.6 Å². The van der Waals surface area contributed by atoms with Crippen LogP contribution in [0.15, 0.2) is 0 Å². The van der Waals surface area contributed by atoms with Crippen LogP contribution in [-0.2, 0) is 24.0 Å². The maximum Gasteiger partial charge on any atom is 0.367 e. The van der Waals surface area contributed by atoms with Crippen molar-refractivity contribution in [2.24, 2.45) is 23.7 Å². The second-order valence-electron chi connectivity index (χ2n) is 9.15. The van der Waals surface area contributed by atoms with Gasteiger partial charge in [0.05, 0.1) is 6.61 Å². The lowest BCUT2D eigenvalue weighted by molar-refractivity contribution is -0.568. The molecule has 29 heavy (non-hydrogen) atoms. The fraction of sp³-hybridized carbons (Fsp3) is 0.952. The highest BCUT2D eigenvalue weighted by Crippen LogP contribution is 2.61. The van der Waals surface area contributed by atoms with Crippen molar-refractivity contribution in [1.29, 1.82) is 0 Å². The van der Waals surface area contributed by atoms with Crippen LogP contribution < -0.4 is 0 Å². The fourth-order valence-electron chi connectivity index (χ4n) is 5.68. The minimum atomic E-state index is -0.714. The van der Waals surface area contributed by atoms with E-state index in [4.69, 9.17) is 24.0 Å². The zero-order valence-electron chi connectivity index (χ0n) is 17.9. The van der Waals surface area contributed by atoms with Crippen LogP contribution in [0.2, 0.25) is 0 Å². The molecule has 0 aromatic heterocycles. The molecule has 0 amide bonds. The summed E-state index contributed by atoms with van der Waals surface area (Å²) in [6, 6.07) is 0. The number of unbranched alkanes of at least 4 members (excludes halogenated alkanes) is 1. The number of ether oxygens (including phenoxy) is 3. The molecule has 1 aliphatic carbocycles. The molecule has 8 atom stereocenters. The third-order valence-corrected chi connectivity index (χ3v) is 9.15. The number of fused-ring (bicyclic) bond motifs is 2. The van der Waals surface area contributed by atoms with Gasteiger partial charge < -0.3 is 14.2 Å². The molecule has 0 aromatic rings. The minimum Gasteiger partial charge on any atom is -0.458 e. The molecule has 0 radical (unpaired) electrons. The largest absolute Gasteiger partial charge is 0.458 e. The fourth-order valence-corrected chi connectivity index (χ4v) is 7.16. The highest BCUT2D eigenvalue weighted by Gasteiger charge is 2.69. The SMILES string of the molecule is CSC(=O)OCCCCS[C@@H]1O[C@@H]2OC3(C)CC[C@H]4[C@H](C)CC[C@@H]([C@H]1C)[C@@]24OO3. The van der Waals surface area contributed by atoms with Crippen molar-refractivity contribution in [2.45, 2.75) is 82.4 Å². The molecule has 2 bridgehead atoms. The van der Waals surface area contributed by atoms with Gasteiger partial charge in [0.2, 0.25) is 5.79 Å². The van der Waals surface area contributed by atoms with Gasteiger partial charge in [-0.05, 0) is 80.6 Å². The zero-order valence-corrected chi connectivity index (χ0v) is 19.5. The lowest BCUT2D eigenvalue weighted by Gasteiger charge is -2.60. The van der Waals surface area contributed by atoms with Gasteiger partial charge in [0.25, 0.3) is 0 Å². The van der Waals surface area contributed by atoms with Crippen molar-refractivity contribution in [1.82, 2.24) is 0 Å². The Balaban J connectivity index is 1.39. The lowest BCUT2D eigenvalue weighted by Crippen LogP contribution is -2.70. The lowest BCUT2D eigenvalue weighted by atomic mass is 9.58. The van der Waals surface area contributed by atoms with Gasteiger partial charge in [-0.1, -0.05) is 13.8 Å². The summed E-state index contributed by atoms with van der Waals surface area (Å²) >= 11 is 2.97. The van der Waals surface area contributed by atoms with E-state index in [1.165, 1.54) is 6.42 Å². The van der Waals surface area contributed by atoms with Crippen LogP contribution in [0.3, 0.4) is 0 Å². The van der Waals surface area contributed by atoms with E-state index in [2.05, 4.69) is 13.8 Å². The molecule has 4 heterocycles. The van der Waals surface area contributed by atoms with Gasteiger partial charge >= 0.3 is 5.30 Å². The predicted molar refractivity (Wildman–Crippen MR) is 113 cm³/mol. The smallest absolute Gasteiger partial charge is 0.367 e. The third kappa shape index (κ3) is 4.10. The summed E-state index contributed by atoms with van der Waals surface area (Å²) in [6.07, 6.45) is 7.51. The summed E-state index contributed by atoms with van der Waals surface area (Å²) in [4.78, 5) is 23.2. The van der Waals surface area contributed by atoms with E-state index in [-0.39, 0.29) is 17.0 Å². The van der Waals surface area contributed by atoms with E-state index in [0.29, 0.717) is 30.3 Å². The molecule has 1 spiro atoms. The molecule has 5 aliphatic rings. The Morgan fingerprint density at radius 2 is 1.97 bits per heavy atom. The number of carbonyl (C=O) groups is 1. The summed E-state index contributed by atoms with van der Waals surface area (Å²) in [5.41, 5.74) is -0.388. The Morgan fingerprint density at radius 3 is 2.76 bits per heavy atom. The number of carbonyl (C=O) groups excluding carboxylic acids is 1. The average Bonchev–Trinajstić information content (AvgIpc) is 2.94. The Morgan fingerprint density at radius 1 is 1.14 bits per heavy atom. The predicted octanol–water partition coefficient (Wildman–Crippen LogP) is 5.21. The number of hydrogen-bond acceptors (Lipinski definition) is 8. The Hall–Kier alpha value is 0.01000. The van der Waals surface area contributed by atoms with Crippen molar-refractivity contribution in [3.05, 3.63) is 0 Å². The average molecular weight is 447 g/mol. The number of thioether (sulfide) groups is 2. The molecule has 4 aliphatic heterocycles. The van der Waals surface area contributed by atoms with E-state index >= 15 is 0 Å². The van der Waals surface area contributed by atoms with Crippen LogP contribution >= 0.6 is 23.5 Å². The zero-order chi connectivity index (χ0) is 20.6. The van der Waals surface area contributed by atoms with Gasteiger partial charge in [-0.2, -0.15) is 0 Å². The first-order valence-corrected chi connectivity index (χ1v) is 13.2. The second-order valence-corrected chi connectivity index (χ2v) is 11.1. The first-order valence-electron chi connectivity index (χ1n) is 10.9. The minimum absolute atomic E-state index is 0.0879. The van der Waals surface area contributed by atoms with E-state index in [1.807, 2.05) is 18.7 Å². The number of hydrogen-bond donors (Lipinski definition) is 0. The summed E-state index contributed by atoms with van der Waals surface area (Å²) < 4.78 is 18.1. The molecule has 6 nitrogen and oxygen atoms in total. The third-order valence-electron chi connectivity index (χ3n) is 7.30. The highest BCUT2D eigenvalue weighted by molar-refractivity contribution is 8.12. The van der Waals surface area contributed by atoms with E-state index in [9.17, 15) is 4.79 Å². The van der Waals surface area contributed by atoms with Crippen LogP contribution in [0.1, 0.15) is 59.3 Å². The molecule has 5 fully saturated rings. The Labute approximate surface area is 182 Å². The molecule has 8 heteroatoms. The van der Waals surface area contributed by atoms with Gasteiger partial charge in [0.15, 0.2) is 11.9 Å². The number of rotatable bonds is 6. The second kappa shape index (κ2) is 8.87. The van der Waals surface area contributed by atoms with E-state index < -0.39 is 11.4 Å². The first kappa shape index (κ1) is 22.2. The quantitative estimate of drug-likeness (QED) is 0.313. The van der Waals surface area contributed by atoms with Crippen molar-refractivity contribution in [3.8, 4) is 0 Å². The van der Waals surface area contributed by atoms with Crippen molar-refractivity contribution < 1.29 is 28.8 Å². The summed E-state index contributed by atoms with van der Waals surface area (Å²) in [5.74, 6) is 2.02. The monoisotopic (exact) mass is 446 g/mol. The standard InChI is InChI=1S/C21H34O6S2/c1-13-7-8-16-14(2)17(29-12-6-5-11-23-19(22)28-4)24-18-21(16)15(13)9-10-20(3,25-18)26-27-21/h13-18H,5-12H2,1-4H3/t13-,14-,15+,16+,17+,18-,20?,21-/m1/s1. The van der Waals surface area contributed by atoms with Crippen molar-refractivity contribution >= 4 is 28.8 Å². The summed E-state index contributed by atoms with van der Waals surface area (Å²) in [6.45, 7) is 7.09. The molecule has 1 unspecified atom stereocenters.